The molecule has 100 valence electrons. The van der Waals surface area contributed by atoms with Crippen LogP contribution in [0.3, 0.4) is 0 Å². The van der Waals surface area contributed by atoms with Gasteiger partial charge in [-0.3, -0.25) is 4.90 Å². The first-order chi connectivity index (χ1) is 8.36. The molecule has 3 unspecified atom stereocenters. The Morgan fingerprint density at radius 3 is 2.76 bits per heavy atom. The summed E-state index contributed by atoms with van der Waals surface area (Å²) in [5.41, 5.74) is 0. The number of aliphatic hydroxyl groups excluding tert-OH is 1. The predicted molar refractivity (Wildman–Crippen MR) is 71.1 cm³/mol. The van der Waals surface area contributed by atoms with Gasteiger partial charge >= 0.3 is 0 Å². The number of nitrogens with one attached hydrogen (secondary N) is 1. The zero-order chi connectivity index (χ0) is 12.1. The zero-order valence-corrected chi connectivity index (χ0v) is 11.2. The lowest BCUT2D eigenvalue weighted by Gasteiger charge is -2.26. The summed E-state index contributed by atoms with van der Waals surface area (Å²) in [6.07, 6.45) is 6.06. The lowest BCUT2D eigenvalue weighted by Crippen LogP contribution is -2.35. The summed E-state index contributed by atoms with van der Waals surface area (Å²) in [6.45, 7) is 7.76. The number of hydrogen-bond donors (Lipinski definition) is 2. The Hall–Kier alpha value is -0.120. The van der Waals surface area contributed by atoms with E-state index in [0.29, 0.717) is 6.61 Å². The molecule has 3 nitrogen and oxygen atoms in total. The minimum atomic E-state index is 0.358. The van der Waals surface area contributed by atoms with Gasteiger partial charge in [0.15, 0.2) is 0 Å². The number of likely N-dealkylation sites (tertiary alicyclic amines) is 1. The van der Waals surface area contributed by atoms with Crippen LogP contribution in [-0.2, 0) is 0 Å². The van der Waals surface area contributed by atoms with Gasteiger partial charge in [-0.2, -0.15) is 0 Å². The highest BCUT2D eigenvalue weighted by Crippen LogP contribution is 2.34. The van der Waals surface area contributed by atoms with E-state index in [0.717, 1.165) is 24.3 Å². The molecule has 0 aliphatic carbocycles. The maximum atomic E-state index is 8.75. The second kappa shape index (κ2) is 6.72. The SMILES string of the molecule is CCC1C2CNCC2CN1CCCCCCO. The number of unbranched alkanes of at least 4 members (excludes halogenated alkanes) is 3. The molecule has 2 rings (SSSR count). The molecule has 2 heterocycles. The molecule has 17 heavy (non-hydrogen) atoms. The van der Waals surface area contributed by atoms with Gasteiger partial charge in [0.1, 0.15) is 0 Å². The molecule has 3 atom stereocenters. The molecule has 2 saturated heterocycles. The quantitative estimate of drug-likeness (QED) is 0.662. The van der Waals surface area contributed by atoms with Gasteiger partial charge in [0.05, 0.1) is 0 Å². The topological polar surface area (TPSA) is 35.5 Å². The van der Waals surface area contributed by atoms with Crippen LogP contribution in [0.25, 0.3) is 0 Å². The fourth-order valence-corrected chi connectivity index (χ4v) is 3.71. The molecule has 2 aliphatic heterocycles. The van der Waals surface area contributed by atoms with Gasteiger partial charge in [-0.15, -0.1) is 0 Å². The van der Waals surface area contributed by atoms with E-state index in [1.54, 1.807) is 0 Å². The number of aliphatic hydroxyl groups is 1. The summed E-state index contributed by atoms with van der Waals surface area (Å²) in [7, 11) is 0. The van der Waals surface area contributed by atoms with Crippen molar-refractivity contribution in [3.63, 3.8) is 0 Å². The van der Waals surface area contributed by atoms with Crippen LogP contribution in [0, 0.1) is 11.8 Å². The van der Waals surface area contributed by atoms with E-state index in [1.807, 2.05) is 0 Å². The van der Waals surface area contributed by atoms with Crippen LogP contribution in [0.2, 0.25) is 0 Å². The van der Waals surface area contributed by atoms with Crippen molar-refractivity contribution in [3.05, 3.63) is 0 Å². The number of nitrogens with zero attached hydrogens (tertiary/aromatic N) is 1. The average molecular weight is 240 g/mol. The van der Waals surface area contributed by atoms with Crippen molar-refractivity contribution >= 4 is 0 Å². The molecular weight excluding hydrogens is 212 g/mol. The Labute approximate surface area is 106 Å². The molecule has 0 amide bonds. The van der Waals surface area contributed by atoms with Crippen LogP contribution in [0.5, 0.6) is 0 Å². The maximum absolute atomic E-state index is 8.75. The molecule has 2 N–H and O–H groups in total. The van der Waals surface area contributed by atoms with Crippen LogP contribution in [0.1, 0.15) is 39.0 Å². The Kier molecular flexibility index (Phi) is 5.26. The molecule has 2 aliphatic rings. The Balaban J connectivity index is 1.69. The number of fused-ring (bicyclic) bond motifs is 1. The summed E-state index contributed by atoms with van der Waals surface area (Å²) < 4.78 is 0. The van der Waals surface area contributed by atoms with E-state index in [4.69, 9.17) is 5.11 Å². The van der Waals surface area contributed by atoms with Crippen molar-refractivity contribution in [1.82, 2.24) is 10.2 Å². The summed E-state index contributed by atoms with van der Waals surface area (Å²) in [4.78, 5) is 2.73. The van der Waals surface area contributed by atoms with Crippen LogP contribution in [0.15, 0.2) is 0 Å². The Bertz CT molecular complexity index is 222. The smallest absolute Gasteiger partial charge is 0.0431 e. The van der Waals surface area contributed by atoms with Gasteiger partial charge in [-0.05, 0) is 50.7 Å². The minimum absolute atomic E-state index is 0.358. The van der Waals surface area contributed by atoms with Gasteiger partial charge in [-0.25, -0.2) is 0 Å². The monoisotopic (exact) mass is 240 g/mol. The second-order valence-corrected chi connectivity index (χ2v) is 5.69. The lowest BCUT2D eigenvalue weighted by atomic mass is 9.93. The van der Waals surface area contributed by atoms with Crippen molar-refractivity contribution in [2.45, 2.75) is 45.1 Å². The number of hydrogen-bond acceptors (Lipinski definition) is 3. The summed E-state index contributed by atoms with van der Waals surface area (Å²) in [5.74, 6) is 1.83. The summed E-state index contributed by atoms with van der Waals surface area (Å²) in [5, 5.41) is 12.3. The molecule has 0 radical (unpaired) electrons. The van der Waals surface area contributed by atoms with Crippen LogP contribution in [0.4, 0.5) is 0 Å². The largest absolute Gasteiger partial charge is 0.396 e. The van der Waals surface area contributed by atoms with Gasteiger partial charge in [0, 0.05) is 19.2 Å². The first-order valence-corrected chi connectivity index (χ1v) is 7.42. The van der Waals surface area contributed by atoms with Gasteiger partial charge < -0.3 is 10.4 Å². The zero-order valence-electron chi connectivity index (χ0n) is 11.2. The fourth-order valence-electron chi connectivity index (χ4n) is 3.71. The lowest BCUT2D eigenvalue weighted by molar-refractivity contribution is 0.212. The molecule has 0 bridgehead atoms. The molecule has 0 aromatic heterocycles. The van der Waals surface area contributed by atoms with Crippen molar-refractivity contribution in [1.29, 1.82) is 0 Å². The highest BCUT2D eigenvalue weighted by Gasteiger charge is 2.42. The molecule has 2 fully saturated rings. The molecule has 0 saturated carbocycles. The third-order valence-electron chi connectivity index (χ3n) is 4.60. The van der Waals surface area contributed by atoms with Crippen molar-refractivity contribution in [3.8, 4) is 0 Å². The first kappa shape index (κ1) is 13.3. The van der Waals surface area contributed by atoms with E-state index in [1.165, 1.54) is 51.9 Å². The van der Waals surface area contributed by atoms with Crippen molar-refractivity contribution < 1.29 is 5.11 Å². The molecule has 0 aromatic rings. The van der Waals surface area contributed by atoms with Crippen LogP contribution >= 0.6 is 0 Å². The normalized spacial score (nSPS) is 33.2. The molecule has 3 heteroatoms. The Morgan fingerprint density at radius 2 is 2.00 bits per heavy atom. The molecule has 0 aromatic carbocycles. The fraction of sp³-hybridized carbons (Fsp3) is 1.00. The average Bonchev–Trinajstić information content (AvgIpc) is 2.88. The standard InChI is InChI=1S/C14H28N2O/c1-2-14-13-10-15-9-12(13)11-16(14)7-5-3-4-6-8-17/h12-15,17H,2-11H2,1H3. The predicted octanol–water partition coefficient (Wildman–Crippen LogP) is 1.47. The summed E-state index contributed by atoms with van der Waals surface area (Å²) >= 11 is 0. The van der Waals surface area contributed by atoms with Crippen molar-refractivity contribution in [2.75, 3.05) is 32.8 Å². The maximum Gasteiger partial charge on any atom is 0.0431 e. The van der Waals surface area contributed by atoms with E-state index in [-0.39, 0.29) is 0 Å². The third-order valence-corrected chi connectivity index (χ3v) is 4.60. The van der Waals surface area contributed by atoms with Gasteiger partial charge in [0.2, 0.25) is 0 Å². The van der Waals surface area contributed by atoms with Gasteiger partial charge in [-0.1, -0.05) is 19.8 Å². The highest BCUT2D eigenvalue weighted by atomic mass is 16.2. The van der Waals surface area contributed by atoms with E-state index < -0.39 is 0 Å². The van der Waals surface area contributed by atoms with Crippen molar-refractivity contribution in [2.24, 2.45) is 11.8 Å². The molecule has 0 spiro atoms. The van der Waals surface area contributed by atoms with E-state index in [2.05, 4.69) is 17.1 Å². The van der Waals surface area contributed by atoms with Crippen LogP contribution in [-0.4, -0.2) is 48.8 Å². The Morgan fingerprint density at radius 1 is 1.18 bits per heavy atom. The second-order valence-electron chi connectivity index (χ2n) is 5.69. The highest BCUT2D eigenvalue weighted by molar-refractivity contribution is 4.97. The summed E-state index contributed by atoms with van der Waals surface area (Å²) in [6, 6.07) is 0.827. The van der Waals surface area contributed by atoms with E-state index in [9.17, 15) is 0 Å². The molecular formula is C14H28N2O. The number of rotatable bonds is 7. The van der Waals surface area contributed by atoms with E-state index >= 15 is 0 Å². The third kappa shape index (κ3) is 3.21. The van der Waals surface area contributed by atoms with Crippen LogP contribution < -0.4 is 5.32 Å². The minimum Gasteiger partial charge on any atom is -0.396 e. The first-order valence-electron chi connectivity index (χ1n) is 7.42. The van der Waals surface area contributed by atoms with Gasteiger partial charge in [0.25, 0.3) is 0 Å².